The maximum Gasteiger partial charge on any atom is 0.319 e. The van der Waals surface area contributed by atoms with E-state index in [9.17, 15) is 9.59 Å². The van der Waals surface area contributed by atoms with Crippen molar-refractivity contribution in [3.8, 4) is 0 Å². The van der Waals surface area contributed by atoms with Gasteiger partial charge in [0.25, 0.3) is 0 Å². The molecule has 0 aromatic heterocycles. The Hall–Kier alpha value is -1.88. The Labute approximate surface area is 126 Å². The highest BCUT2D eigenvalue weighted by molar-refractivity contribution is 5.92. The van der Waals surface area contributed by atoms with Crippen molar-refractivity contribution in [1.29, 1.82) is 0 Å². The van der Waals surface area contributed by atoms with Gasteiger partial charge in [0.05, 0.1) is 20.2 Å². The average Bonchev–Trinajstić information content (AvgIpc) is 2.46. The molecule has 0 aliphatic heterocycles. The number of anilines is 1. The second kappa shape index (κ2) is 8.42. The van der Waals surface area contributed by atoms with Crippen molar-refractivity contribution >= 4 is 17.6 Å². The summed E-state index contributed by atoms with van der Waals surface area (Å²) >= 11 is 0. The number of amides is 1. The summed E-state index contributed by atoms with van der Waals surface area (Å²) in [6.45, 7) is 6.21. The first-order valence-corrected chi connectivity index (χ1v) is 7.16. The quantitative estimate of drug-likeness (QED) is 0.782. The topological polar surface area (TPSA) is 58.6 Å². The molecule has 1 aromatic carbocycles. The number of ether oxygens (including phenoxy) is 1. The normalized spacial score (nSPS) is 10.8. The van der Waals surface area contributed by atoms with Crippen LogP contribution in [0, 0.1) is 0 Å². The van der Waals surface area contributed by atoms with Crippen LogP contribution in [0.1, 0.15) is 26.3 Å². The van der Waals surface area contributed by atoms with Crippen LogP contribution in [0.15, 0.2) is 24.3 Å². The van der Waals surface area contributed by atoms with Crippen molar-refractivity contribution in [2.24, 2.45) is 0 Å². The molecule has 5 nitrogen and oxygen atoms in total. The third-order valence-corrected chi connectivity index (χ3v) is 3.26. The Balaban J connectivity index is 2.62. The van der Waals surface area contributed by atoms with E-state index in [1.807, 2.05) is 38.1 Å². The summed E-state index contributed by atoms with van der Waals surface area (Å²) in [4.78, 5) is 25.2. The van der Waals surface area contributed by atoms with Gasteiger partial charge in [-0.05, 0) is 38.0 Å². The molecule has 1 N–H and O–H groups in total. The number of rotatable bonds is 7. The highest BCUT2D eigenvalue weighted by Gasteiger charge is 2.17. The number of aryl methyl sites for hydroxylation is 1. The summed E-state index contributed by atoms with van der Waals surface area (Å²) in [5, 5.41) is 2.86. The van der Waals surface area contributed by atoms with Gasteiger partial charge in [0.2, 0.25) is 5.91 Å². The minimum absolute atomic E-state index is 0.0804. The van der Waals surface area contributed by atoms with Gasteiger partial charge < -0.3 is 10.1 Å². The monoisotopic (exact) mass is 292 g/mol. The summed E-state index contributed by atoms with van der Waals surface area (Å²) in [5.41, 5.74) is 1.95. The highest BCUT2D eigenvalue weighted by Crippen LogP contribution is 2.11. The SMILES string of the molecule is CCc1cccc(NC(=O)CN(CC(=O)OC)C(C)C)c1. The van der Waals surface area contributed by atoms with Crippen LogP contribution in [-0.4, -0.2) is 43.0 Å². The van der Waals surface area contributed by atoms with Crippen LogP contribution in [-0.2, 0) is 20.7 Å². The fourth-order valence-corrected chi connectivity index (χ4v) is 1.91. The molecule has 1 aromatic rings. The van der Waals surface area contributed by atoms with Gasteiger partial charge in [0.1, 0.15) is 0 Å². The number of esters is 1. The largest absolute Gasteiger partial charge is 0.468 e. The van der Waals surface area contributed by atoms with Crippen molar-refractivity contribution in [2.75, 3.05) is 25.5 Å². The lowest BCUT2D eigenvalue weighted by atomic mass is 10.1. The fraction of sp³-hybridized carbons (Fsp3) is 0.500. The number of hydrogen-bond donors (Lipinski definition) is 1. The molecule has 0 spiro atoms. The summed E-state index contributed by atoms with van der Waals surface area (Å²) in [5.74, 6) is -0.481. The Morgan fingerprint density at radius 3 is 2.57 bits per heavy atom. The van der Waals surface area contributed by atoms with Crippen LogP contribution < -0.4 is 5.32 Å². The van der Waals surface area contributed by atoms with E-state index in [1.165, 1.54) is 12.7 Å². The number of benzene rings is 1. The number of hydrogen-bond acceptors (Lipinski definition) is 4. The molecule has 0 radical (unpaired) electrons. The number of carbonyl (C=O) groups excluding carboxylic acids is 2. The molecule has 0 aliphatic carbocycles. The molecular formula is C16H24N2O3. The standard InChI is InChI=1S/C16H24N2O3/c1-5-13-7-6-8-14(9-13)17-15(19)10-18(12(2)3)11-16(20)21-4/h6-9,12H,5,10-11H2,1-4H3,(H,17,19). The molecule has 0 saturated carbocycles. The summed E-state index contributed by atoms with van der Waals surface area (Å²) in [6.07, 6.45) is 0.921. The van der Waals surface area contributed by atoms with Crippen molar-refractivity contribution in [3.05, 3.63) is 29.8 Å². The predicted octanol–water partition coefficient (Wildman–Crippen LogP) is 2.07. The molecule has 0 aliphatic rings. The van der Waals surface area contributed by atoms with Gasteiger partial charge in [0.15, 0.2) is 0 Å². The average molecular weight is 292 g/mol. The third kappa shape index (κ3) is 5.95. The molecule has 0 unspecified atom stereocenters. The number of nitrogens with one attached hydrogen (secondary N) is 1. The van der Waals surface area contributed by atoms with Crippen LogP contribution in [0.4, 0.5) is 5.69 Å². The summed E-state index contributed by atoms with van der Waals surface area (Å²) in [7, 11) is 1.34. The molecule has 0 fully saturated rings. The lowest BCUT2D eigenvalue weighted by molar-refractivity contribution is -0.142. The van der Waals surface area contributed by atoms with Gasteiger partial charge in [0, 0.05) is 11.7 Å². The first-order valence-electron chi connectivity index (χ1n) is 7.16. The molecule has 21 heavy (non-hydrogen) atoms. The van der Waals surface area contributed by atoms with E-state index in [1.54, 1.807) is 4.90 Å². The molecule has 1 rings (SSSR count). The number of nitrogens with zero attached hydrogens (tertiary/aromatic N) is 1. The zero-order chi connectivity index (χ0) is 15.8. The Kier molecular flexibility index (Phi) is 6.88. The predicted molar refractivity (Wildman–Crippen MR) is 83.2 cm³/mol. The smallest absolute Gasteiger partial charge is 0.319 e. The lowest BCUT2D eigenvalue weighted by Gasteiger charge is -2.24. The minimum atomic E-state index is -0.343. The summed E-state index contributed by atoms with van der Waals surface area (Å²) in [6, 6.07) is 7.84. The maximum atomic E-state index is 12.1. The van der Waals surface area contributed by atoms with Crippen molar-refractivity contribution in [3.63, 3.8) is 0 Å². The fourth-order valence-electron chi connectivity index (χ4n) is 1.91. The van der Waals surface area contributed by atoms with Gasteiger partial charge in [-0.25, -0.2) is 0 Å². The number of carbonyl (C=O) groups is 2. The Morgan fingerprint density at radius 1 is 1.29 bits per heavy atom. The Bertz CT molecular complexity index is 486. The lowest BCUT2D eigenvalue weighted by Crippen LogP contribution is -2.41. The maximum absolute atomic E-state index is 12.1. The van der Waals surface area contributed by atoms with E-state index in [0.29, 0.717) is 0 Å². The van der Waals surface area contributed by atoms with Gasteiger partial charge in [-0.1, -0.05) is 19.1 Å². The first-order chi connectivity index (χ1) is 9.96. The van der Waals surface area contributed by atoms with Gasteiger partial charge in [-0.2, -0.15) is 0 Å². The molecule has 0 bridgehead atoms. The molecule has 0 heterocycles. The van der Waals surface area contributed by atoms with E-state index in [2.05, 4.69) is 17.0 Å². The van der Waals surface area contributed by atoms with Crippen LogP contribution >= 0.6 is 0 Å². The van der Waals surface area contributed by atoms with Crippen molar-refractivity contribution in [2.45, 2.75) is 33.2 Å². The third-order valence-electron chi connectivity index (χ3n) is 3.26. The zero-order valence-corrected chi connectivity index (χ0v) is 13.2. The first kappa shape index (κ1) is 17.2. The molecule has 0 saturated heterocycles. The summed E-state index contributed by atoms with van der Waals surface area (Å²) < 4.78 is 4.65. The molecular weight excluding hydrogens is 268 g/mol. The highest BCUT2D eigenvalue weighted by atomic mass is 16.5. The van der Waals surface area contributed by atoms with Gasteiger partial charge in [-0.15, -0.1) is 0 Å². The zero-order valence-electron chi connectivity index (χ0n) is 13.2. The van der Waals surface area contributed by atoms with Crippen LogP contribution in [0.3, 0.4) is 0 Å². The minimum Gasteiger partial charge on any atom is -0.468 e. The van der Waals surface area contributed by atoms with E-state index in [0.717, 1.165) is 12.1 Å². The second-order valence-electron chi connectivity index (χ2n) is 5.18. The van der Waals surface area contributed by atoms with Crippen LogP contribution in [0.25, 0.3) is 0 Å². The van der Waals surface area contributed by atoms with Gasteiger partial charge >= 0.3 is 5.97 Å². The van der Waals surface area contributed by atoms with Crippen LogP contribution in [0.2, 0.25) is 0 Å². The Morgan fingerprint density at radius 2 is 2.00 bits per heavy atom. The second-order valence-corrected chi connectivity index (χ2v) is 5.18. The van der Waals surface area contributed by atoms with Crippen LogP contribution in [0.5, 0.6) is 0 Å². The van der Waals surface area contributed by atoms with Crippen molar-refractivity contribution < 1.29 is 14.3 Å². The number of methoxy groups -OCH3 is 1. The van der Waals surface area contributed by atoms with E-state index < -0.39 is 0 Å². The molecule has 0 atom stereocenters. The van der Waals surface area contributed by atoms with Crippen molar-refractivity contribution in [1.82, 2.24) is 4.90 Å². The molecule has 116 valence electrons. The van der Waals surface area contributed by atoms with E-state index in [4.69, 9.17) is 0 Å². The van der Waals surface area contributed by atoms with E-state index in [-0.39, 0.29) is 31.0 Å². The molecule has 1 amide bonds. The van der Waals surface area contributed by atoms with Gasteiger partial charge in [-0.3, -0.25) is 14.5 Å². The molecule has 5 heteroatoms. The van der Waals surface area contributed by atoms with E-state index >= 15 is 0 Å².